The van der Waals surface area contributed by atoms with Gasteiger partial charge in [0.1, 0.15) is 11.6 Å². The van der Waals surface area contributed by atoms with Crippen molar-refractivity contribution in [3.8, 4) is 0 Å². The summed E-state index contributed by atoms with van der Waals surface area (Å²) < 4.78 is 27.6. The summed E-state index contributed by atoms with van der Waals surface area (Å²) in [7, 11) is 0. The van der Waals surface area contributed by atoms with E-state index in [1.54, 1.807) is 0 Å². The van der Waals surface area contributed by atoms with Gasteiger partial charge in [0, 0.05) is 18.0 Å². The smallest absolute Gasteiger partial charge is 0.142 e. The fraction of sp³-hybridized carbons (Fsp3) is 0.286. The van der Waals surface area contributed by atoms with E-state index in [0.717, 1.165) is 18.6 Å². The van der Waals surface area contributed by atoms with Crippen LogP contribution in [0.3, 0.4) is 0 Å². The molecular formula is C14H14ClF2N3. The maximum atomic E-state index is 14.1. The summed E-state index contributed by atoms with van der Waals surface area (Å²) in [5, 5.41) is 2.90. The molecule has 2 aromatic rings. The zero-order chi connectivity index (χ0) is 14.5. The van der Waals surface area contributed by atoms with Gasteiger partial charge < -0.3 is 5.32 Å². The van der Waals surface area contributed by atoms with E-state index in [-0.39, 0.29) is 10.6 Å². The normalized spacial score (nSPS) is 12.4. The maximum Gasteiger partial charge on any atom is 0.142 e. The monoisotopic (exact) mass is 297 g/mol. The fourth-order valence-electron chi connectivity index (χ4n) is 1.88. The lowest BCUT2D eigenvalue weighted by atomic mass is 10.0. The highest BCUT2D eigenvalue weighted by Gasteiger charge is 2.20. The van der Waals surface area contributed by atoms with Gasteiger partial charge in [0.15, 0.2) is 0 Å². The van der Waals surface area contributed by atoms with Crippen molar-refractivity contribution in [3.05, 3.63) is 58.6 Å². The Bertz CT molecular complexity index is 578. The first-order chi connectivity index (χ1) is 9.63. The average molecular weight is 298 g/mol. The second-order valence-electron chi connectivity index (χ2n) is 4.31. The molecule has 0 aliphatic carbocycles. The fourth-order valence-corrected chi connectivity index (χ4v) is 2.03. The van der Waals surface area contributed by atoms with E-state index in [0.29, 0.717) is 12.2 Å². The second kappa shape index (κ2) is 6.72. The van der Waals surface area contributed by atoms with Gasteiger partial charge in [-0.3, -0.25) is 9.97 Å². The van der Waals surface area contributed by atoms with Crippen LogP contribution in [0.1, 0.15) is 30.6 Å². The lowest BCUT2D eigenvalue weighted by Gasteiger charge is -2.19. The highest BCUT2D eigenvalue weighted by molar-refractivity contribution is 6.30. The van der Waals surface area contributed by atoms with Gasteiger partial charge >= 0.3 is 0 Å². The number of halogens is 3. The quantitative estimate of drug-likeness (QED) is 0.858. The summed E-state index contributed by atoms with van der Waals surface area (Å²) in [5.41, 5.74) is 0.697. The molecule has 0 amide bonds. The van der Waals surface area contributed by atoms with E-state index >= 15 is 0 Å². The molecule has 1 heterocycles. The highest BCUT2D eigenvalue weighted by atomic mass is 35.5. The average Bonchev–Trinajstić information content (AvgIpc) is 2.45. The number of hydrogen-bond donors (Lipinski definition) is 1. The molecule has 0 bridgehead atoms. The summed E-state index contributed by atoms with van der Waals surface area (Å²) in [6, 6.07) is 1.51. The number of aromatic nitrogens is 2. The van der Waals surface area contributed by atoms with Crippen molar-refractivity contribution in [1.29, 1.82) is 0 Å². The Morgan fingerprint density at radius 1 is 1.25 bits per heavy atom. The third-order valence-electron chi connectivity index (χ3n) is 2.83. The van der Waals surface area contributed by atoms with Crippen LogP contribution in [0.4, 0.5) is 8.78 Å². The lowest BCUT2D eigenvalue weighted by Crippen LogP contribution is -2.25. The van der Waals surface area contributed by atoms with E-state index in [1.807, 2.05) is 6.92 Å². The predicted octanol–water partition coefficient (Wildman–Crippen LogP) is 3.50. The molecule has 1 aromatic heterocycles. The molecule has 6 heteroatoms. The Morgan fingerprint density at radius 2 is 2.05 bits per heavy atom. The van der Waals surface area contributed by atoms with Crippen LogP contribution >= 0.6 is 11.6 Å². The van der Waals surface area contributed by atoms with Crippen LogP contribution < -0.4 is 5.32 Å². The van der Waals surface area contributed by atoms with Crippen LogP contribution in [0.15, 0.2) is 30.7 Å². The molecule has 1 atom stereocenters. The maximum absolute atomic E-state index is 14.1. The molecule has 20 heavy (non-hydrogen) atoms. The number of nitrogens with zero attached hydrogens (tertiary/aromatic N) is 2. The van der Waals surface area contributed by atoms with Crippen molar-refractivity contribution in [2.75, 3.05) is 6.54 Å². The van der Waals surface area contributed by atoms with Crippen molar-refractivity contribution in [1.82, 2.24) is 15.3 Å². The van der Waals surface area contributed by atoms with Gasteiger partial charge in [-0.25, -0.2) is 8.78 Å². The third kappa shape index (κ3) is 3.29. The van der Waals surface area contributed by atoms with Gasteiger partial charge in [0.2, 0.25) is 0 Å². The van der Waals surface area contributed by atoms with Crippen molar-refractivity contribution in [3.63, 3.8) is 0 Å². The Morgan fingerprint density at radius 3 is 2.70 bits per heavy atom. The molecule has 1 N–H and O–H groups in total. The number of nitrogens with one attached hydrogen (secondary N) is 1. The van der Waals surface area contributed by atoms with Crippen LogP contribution in [-0.2, 0) is 0 Å². The van der Waals surface area contributed by atoms with E-state index in [1.165, 1.54) is 18.6 Å². The van der Waals surface area contributed by atoms with Gasteiger partial charge in [-0.05, 0) is 25.1 Å². The summed E-state index contributed by atoms with van der Waals surface area (Å²) in [4.78, 5) is 8.12. The molecule has 0 radical (unpaired) electrons. The molecule has 0 saturated heterocycles. The minimum Gasteiger partial charge on any atom is -0.305 e. The molecule has 0 aliphatic rings. The minimum absolute atomic E-state index is 0.167. The highest BCUT2D eigenvalue weighted by Crippen LogP contribution is 2.27. The van der Waals surface area contributed by atoms with Crippen LogP contribution in [0.25, 0.3) is 0 Å². The third-order valence-corrected chi connectivity index (χ3v) is 3.12. The Hall–Kier alpha value is -1.59. The Balaban J connectivity index is 2.44. The summed E-state index contributed by atoms with van der Waals surface area (Å²) in [5.74, 6) is -1.23. The van der Waals surface area contributed by atoms with Crippen LogP contribution in [0.5, 0.6) is 0 Å². The van der Waals surface area contributed by atoms with Gasteiger partial charge in [0.25, 0.3) is 0 Å². The van der Waals surface area contributed by atoms with E-state index in [4.69, 9.17) is 11.6 Å². The first-order valence-electron chi connectivity index (χ1n) is 6.27. The van der Waals surface area contributed by atoms with Gasteiger partial charge in [-0.1, -0.05) is 18.5 Å². The van der Waals surface area contributed by atoms with Crippen molar-refractivity contribution in [2.24, 2.45) is 0 Å². The number of benzene rings is 1. The molecule has 1 aromatic carbocycles. The Labute approximate surface area is 121 Å². The summed E-state index contributed by atoms with van der Waals surface area (Å²) in [6.07, 6.45) is 5.42. The molecule has 106 valence electrons. The summed E-state index contributed by atoms with van der Waals surface area (Å²) >= 11 is 5.58. The van der Waals surface area contributed by atoms with E-state index < -0.39 is 17.7 Å². The molecule has 3 nitrogen and oxygen atoms in total. The number of rotatable bonds is 5. The van der Waals surface area contributed by atoms with E-state index in [2.05, 4.69) is 15.3 Å². The summed E-state index contributed by atoms with van der Waals surface area (Å²) in [6.45, 7) is 2.63. The minimum atomic E-state index is -0.657. The molecule has 0 fully saturated rings. The van der Waals surface area contributed by atoms with Crippen molar-refractivity contribution >= 4 is 11.6 Å². The molecule has 2 rings (SSSR count). The van der Waals surface area contributed by atoms with Gasteiger partial charge in [0.05, 0.1) is 23.0 Å². The van der Waals surface area contributed by atoms with Crippen LogP contribution in [0, 0.1) is 11.6 Å². The number of hydrogen-bond acceptors (Lipinski definition) is 3. The van der Waals surface area contributed by atoms with Crippen molar-refractivity contribution < 1.29 is 8.78 Å². The zero-order valence-corrected chi connectivity index (χ0v) is 11.7. The van der Waals surface area contributed by atoms with Gasteiger partial charge in [-0.15, -0.1) is 0 Å². The molecular weight excluding hydrogens is 284 g/mol. The van der Waals surface area contributed by atoms with Crippen LogP contribution in [-0.4, -0.2) is 16.5 Å². The molecule has 0 aliphatic heterocycles. The SMILES string of the molecule is CCCNC(c1cnccn1)c1cc(F)c(Cl)cc1F. The largest absolute Gasteiger partial charge is 0.305 e. The first-order valence-corrected chi connectivity index (χ1v) is 6.65. The zero-order valence-electron chi connectivity index (χ0n) is 10.9. The lowest BCUT2D eigenvalue weighted by molar-refractivity contribution is 0.528. The molecule has 0 saturated carbocycles. The van der Waals surface area contributed by atoms with Gasteiger partial charge in [-0.2, -0.15) is 0 Å². The van der Waals surface area contributed by atoms with Crippen molar-refractivity contribution in [2.45, 2.75) is 19.4 Å². The standard InChI is InChI=1S/C14H14ClF2N3/c1-2-3-20-14(13-8-18-4-5-19-13)9-6-12(17)10(15)7-11(9)16/h4-8,14,20H,2-3H2,1H3. The molecule has 0 spiro atoms. The predicted molar refractivity (Wildman–Crippen MR) is 73.5 cm³/mol. The second-order valence-corrected chi connectivity index (χ2v) is 4.71. The van der Waals surface area contributed by atoms with E-state index in [9.17, 15) is 8.78 Å². The Kier molecular flexibility index (Phi) is 4.98. The molecule has 1 unspecified atom stereocenters. The topological polar surface area (TPSA) is 37.8 Å². The van der Waals surface area contributed by atoms with Crippen LogP contribution in [0.2, 0.25) is 5.02 Å². The first kappa shape index (κ1) is 14.8.